The van der Waals surface area contributed by atoms with E-state index in [0.717, 1.165) is 53.2 Å². The number of hydrogen-bond donors (Lipinski definition) is 2. The van der Waals surface area contributed by atoms with Gasteiger partial charge in [-0.05, 0) is 48.6 Å². The molecule has 0 bridgehead atoms. The van der Waals surface area contributed by atoms with Gasteiger partial charge in [0.1, 0.15) is 0 Å². The van der Waals surface area contributed by atoms with E-state index in [1.807, 2.05) is 30.5 Å². The van der Waals surface area contributed by atoms with Gasteiger partial charge in [-0.1, -0.05) is 23.7 Å². The van der Waals surface area contributed by atoms with Crippen LogP contribution in [0.2, 0.25) is 5.02 Å². The number of piperidine rings is 1. The van der Waals surface area contributed by atoms with Crippen LogP contribution in [0.3, 0.4) is 0 Å². The predicted octanol–water partition coefficient (Wildman–Crippen LogP) is 4.56. The Kier molecular flexibility index (Phi) is 4.55. The summed E-state index contributed by atoms with van der Waals surface area (Å²) >= 11 is 6.27. The van der Waals surface area contributed by atoms with Gasteiger partial charge < -0.3 is 10.2 Å². The molecule has 1 aromatic heterocycles. The molecule has 4 rings (SSSR count). The SMILES string of the molecule is CC(=O)Nc1ccc(C2CCN(c3cc(Cl)cc4[nH]ncc34)CC2)cc1. The van der Waals surface area contributed by atoms with Crippen molar-refractivity contribution in [2.75, 3.05) is 23.3 Å². The Labute approximate surface area is 157 Å². The van der Waals surface area contributed by atoms with Gasteiger partial charge in [-0.25, -0.2) is 0 Å². The molecule has 0 spiro atoms. The average Bonchev–Trinajstić information content (AvgIpc) is 3.10. The Bertz CT molecular complexity index is 927. The zero-order chi connectivity index (χ0) is 18.1. The number of H-pyrrole nitrogens is 1. The number of amides is 1. The minimum Gasteiger partial charge on any atom is -0.371 e. The van der Waals surface area contributed by atoms with E-state index in [0.29, 0.717) is 5.92 Å². The molecule has 1 aliphatic heterocycles. The molecule has 3 aromatic rings. The Morgan fingerprint density at radius 1 is 1.23 bits per heavy atom. The van der Waals surface area contributed by atoms with Gasteiger partial charge in [-0.2, -0.15) is 5.10 Å². The molecule has 1 fully saturated rings. The lowest BCUT2D eigenvalue weighted by Crippen LogP contribution is -2.33. The van der Waals surface area contributed by atoms with E-state index in [1.165, 1.54) is 12.5 Å². The van der Waals surface area contributed by atoms with Crippen LogP contribution in [0, 0.1) is 0 Å². The second kappa shape index (κ2) is 7.00. The minimum absolute atomic E-state index is 0.0434. The number of anilines is 2. The van der Waals surface area contributed by atoms with Crippen LogP contribution >= 0.6 is 11.6 Å². The van der Waals surface area contributed by atoms with Crippen LogP contribution in [0.4, 0.5) is 11.4 Å². The van der Waals surface area contributed by atoms with Gasteiger partial charge in [-0.15, -0.1) is 0 Å². The van der Waals surface area contributed by atoms with Crippen molar-refractivity contribution in [2.24, 2.45) is 0 Å². The highest BCUT2D eigenvalue weighted by atomic mass is 35.5. The Balaban J connectivity index is 1.47. The zero-order valence-corrected chi connectivity index (χ0v) is 15.4. The molecule has 0 aliphatic carbocycles. The lowest BCUT2D eigenvalue weighted by molar-refractivity contribution is -0.114. The van der Waals surface area contributed by atoms with Gasteiger partial charge in [-0.3, -0.25) is 9.89 Å². The standard InChI is InChI=1S/C20H21ClN4O/c1-13(26)23-17-4-2-14(3-5-17)15-6-8-25(9-7-15)20-11-16(21)10-19-18(20)12-22-24-19/h2-5,10-12,15H,6-9H2,1H3,(H,22,24)(H,23,26). The van der Waals surface area contributed by atoms with Crippen molar-refractivity contribution in [1.82, 2.24) is 10.2 Å². The van der Waals surface area contributed by atoms with Crippen LogP contribution < -0.4 is 10.2 Å². The number of hydrogen-bond acceptors (Lipinski definition) is 3. The quantitative estimate of drug-likeness (QED) is 0.712. The highest BCUT2D eigenvalue weighted by Gasteiger charge is 2.22. The summed E-state index contributed by atoms with van der Waals surface area (Å²) in [7, 11) is 0. The largest absolute Gasteiger partial charge is 0.371 e. The number of carbonyl (C=O) groups is 1. The first-order chi connectivity index (χ1) is 12.6. The molecule has 26 heavy (non-hydrogen) atoms. The van der Waals surface area contributed by atoms with Crippen LogP contribution in [0.15, 0.2) is 42.6 Å². The van der Waals surface area contributed by atoms with E-state index in [-0.39, 0.29) is 5.91 Å². The summed E-state index contributed by atoms with van der Waals surface area (Å²) < 4.78 is 0. The molecule has 2 aromatic carbocycles. The van der Waals surface area contributed by atoms with Crippen LogP contribution in [0.5, 0.6) is 0 Å². The highest BCUT2D eigenvalue weighted by Crippen LogP contribution is 2.35. The van der Waals surface area contributed by atoms with Crippen LogP contribution in [0.25, 0.3) is 10.9 Å². The maximum atomic E-state index is 11.1. The first kappa shape index (κ1) is 16.9. The number of benzene rings is 2. The molecule has 134 valence electrons. The van der Waals surface area contributed by atoms with Crippen LogP contribution in [0.1, 0.15) is 31.2 Å². The van der Waals surface area contributed by atoms with Crippen molar-refractivity contribution >= 4 is 39.8 Å². The summed E-state index contributed by atoms with van der Waals surface area (Å²) in [5.41, 5.74) is 4.31. The van der Waals surface area contributed by atoms with Gasteiger partial charge >= 0.3 is 0 Å². The second-order valence-electron chi connectivity index (χ2n) is 6.82. The Morgan fingerprint density at radius 2 is 1.96 bits per heavy atom. The van der Waals surface area contributed by atoms with Crippen LogP contribution in [-0.2, 0) is 4.79 Å². The average molecular weight is 369 g/mol. The number of aromatic nitrogens is 2. The van der Waals surface area contributed by atoms with E-state index in [2.05, 4.69) is 32.5 Å². The van der Waals surface area contributed by atoms with Gasteiger partial charge in [0.2, 0.25) is 5.91 Å². The number of rotatable bonds is 3. The number of carbonyl (C=O) groups excluding carboxylic acids is 1. The Hall–Kier alpha value is -2.53. The fraction of sp³-hybridized carbons (Fsp3) is 0.300. The van der Waals surface area contributed by atoms with Crippen LogP contribution in [-0.4, -0.2) is 29.2 Å². The van der Waals surface area contributed by atoms with Crippen molar-refractivity contribution in [2.45, 2.75) is 25.7 Å². The monoisotopic (exact) mass is 368 g/mol. The van der Waals surface area contributed by atoms with Crippen molar-refractivity contribution in [3.63, 3.8) is 0 Å². The maximum Gasteiger partial charge on any atom is 0.221 e. The second-order valence-corrected chi connectivity index (χ2v) is 7.26. The fourth-order valence-corrected chi connectivity index (χ4v) is 3.97. The summed E-state index contributed by atoms with van der Waals surface area (Å²) in [4.78, 5) is 13.5. The van der Waals surface area contributed by atoms with Crippen molar-refractivity contribution in [3.8, 4) is 0 Å². The molecule has 1 amide bonds. The molecule has 0 saturated carbocycles. The highest BCUT2D eigenvalue weighted by molar-refractivity contribution is 6.31. The van der Waals surface area contributed by atoms with Crippen molar-refractivity contribution in [1.29, 1.82) is 0 Å². The third kappa shape index (κ3) is 3.40. The topological polar surface area (TPSA) is 61.0 Å². The van der Waals surface area contributed by atoms with Crippen molar-refractivity contribution in [3.05, 3.63) is 53.2 Å². The summed E-state index contributed by atoms with van der Waals surface area (Å²) in [5, 5.41) is 11.8. The third-order valence-electron chi connectivity index (χ3n) is 5.04. The number of fused-ring (bicyclic) bond motifs is 1. The number of nitrogens with zero attached hydrogens (tertiary/aromatic N) is 2. The third-order valence-corrected chi connectivity index (χ3v) is 5.26. The van der Waals surface area contributed by atoms with E-state index in [1.54, 1.807) is 0 Å². The normalized spacial score (nSPS) is 15.4. The molecule has 6 heteroatoms. The molecular weight excluding hydrogens is 348 g/mol. The van der Waals surface area contributed by atoms with Gasteiger partial charge in [0, 0.05) is 41.8 Å². The number of nitrogens with one attached hydrogen (secondary N) is 2. The molecule has 1 aliphatic rings. The smallest absolute Gasteiger partial charge is 0.221 e. The molecule has 2 heterocycles. The van der Waals surface area contributed by atoms with E-state index in [4.69, 9.17) is 11.6 Å². The first-order valence-corrected chi connectivity index (χ1v) is 9.23. The number of halogens is 1. The molecule has 5 nitrogen and oxygen atoms in total. The molecule has 2 N–H and O–H groups in total. The van der Waals surface area contributed by atoms with Gasteiger partial charge in [0.05, 0.1) is 11.7 Å². The maximum absolute atomic E-state index is 11.1. The fourth-order valence-electron chi connectivity index (χ4n) is 3.76. The Morgan fingerprint density at radius 3 is 2.65 bits per heavy atom. The summed E-state index contributed by atoms with van der Waals surface area (Å²) in [6, 6.07) is 12.2. The molecule has 1 saturated heterocycles. The summed E-state index contributed by atoms with van der Waals surface area (Å²) in [6.45, 7) is 3.49. The lowest BCUT2D eigenvalue weighted by Gasteiger charge is -2.34. The summed E-state index contributed by atoms with van der Waals surface area (Å²) in [5.74, 6) is 0.495. The lowest BCUT2D eigenvalue weighted by atomic mass is 9.89. The van der Waals surface area contributed by atoms with Gasteiger partial charge in [0.25, 0.3) is 0 Å². The first-order valence-electron chi connectivity index (χ1n) is 8.85. The van der Waals surface area contributed by atoms with E-state index in [9.17, 15) is 4.79 Å². The van der Waals surface area contributed by atoms with Crippen molar-refractivity contribution < 1.29 is 4.79 Å². The zero-order valence-electron chi connectivity index (χ0n) is 14.6. The van der Waals surface area contributed by atoms with E-state index >= 15 is 0 Å². The predicted molar refractivity (Wildman–Crippen MR) is 106 cm³/mol. The number of aromatic amines is 1. The molecule has 0 radical (unpaired) electrons. The molecule has 0 unspecified atom stereocenters. The molecule has 0 atom stereocenters. The van der Waals surface area contributed by atoms with Gasteiger partial charge in [0.15, 0.2) is 0 Å². The van der Waals surface area contributed by atoms with E-state index < -0.39 is 0 Å². The summed E-state index contributed by atoms with van der Waals surface area (Å²) in [6.07, 6.45) is 4.05. The molecular formula is C20H21ClN4O. The minimum atomic E-state index is -0.0434.